The third-order valence-electron chi connectivity index (χ3n) is 4.26. The molecular weight excluding hydrogens is 316 g/mol. The highest BCUT2D eigenvalue weighted by atomic mass is 19.3. The maximum atomic E-state index is 12.9. The van der Waals surface area contributed by atoms with E-state index in [-0.39, 0.29) is 17.7 Å². The van der Waals surface area contributed by atoms with Gasteiger partial charge in [-0.25, -0.2) is 0 Å². The molecule has 1 aromatic carbocycles. The Morgan fingerprint density at radius 1 is 1.21 bits per heavy atom. The third-order valence-corrected chi connectivity index (χ3v) is 4.26. The lowest BCUT2D eigenvalue weighted by Gasteiger charge is -2.28. The van der Waals surface area contributed by atoms with Crippen molar-refractivity contribution in [1.29, 1.82) is 0 Å². The summed E-state index contributed by atoms with van der Waals surface area (Å²) < 4.78 is 34.1. The maximum absolute atomic E-state index is 12.9. The van der Waals surface area contributed by atoms with Crippen LogP contribution in [0.4, 0.5) is 8.78 Å². The van der Waals surface area contributed by atoms with Gasteiger partial charge in [-0.05, 0) is 49.2 Å². The summed E-state index contributed by atoms with van der Waals surface area (Å²) in [4.78, 5) is 14.7. The lowest BCUT2D eigenvalue weighted by atomic mass is 10.1. The monoisotopic (exact) mass is 335 g/mol. The molecule has 128 valence electrons. The molecule has 1 aliphatic carbocycles. The van der Waals surface area contributed by atoms with Crippen LogP contribution in [0.1, 0.15) is 41.8 Å². The summed E-state index contributed by atoms with van der Waals surface area (Å²) in [5, 5.41) is 0. The summed E-state index contributed by atoms with van der Waals surface area (Å²) in [7, 11) is 0. The molecule has 1 aliphatic rings. The van der Waals surface area contributed by atoms with Crippen molar-refractivity contribution in [2.24, 2.45) is 0 Å². The number of alkyl halides is 2. The smallest absolute Gasteiger partial charge is 0.387 e. The van der Waals surface area contributed by atoms with E-state index in [1.165, 1.54) is 24.3 Å². The van der Waals surface area contributed by atoms with Crippen LogP contribution < -0.4 is 4.74 Å². The second-order valence-corrected chi connectivity index (χ2v) is 5.85. The Morgan fingerprint density at radius 3 is 2.50 bits per heavy atom. The molecule has 3 rings (SSSR count). The SMILES string of the molecule is O=C(c1ccc(OC(F)F)cc1)N(Cc1ccco1)C1CCCC1. The highest BCUT2D eigenvalue weighted by Gasteiger charge is 2.28. The Kier molecular flexibility index (Phi) is 5.13. The highest BCUT2D eigenvalue weighted by Crippen LogP contribution is 2.27. The van der Waals surface area contributed by atoms with Crippen molar-refractivity contribution < 1.29 is 22.7 Å². The van der Waals surface area contributed by atoms with E-state index >= 15 is 0 Å². The number of rotatable bonds is 6. The van der Waals surface area contributed by atoms with Gasteiger partial charge in [-0.15, -0.1) is 0 Å². The molecule has 1 amide bonds. The number of carbonyl (C=O) groups is 1. The van der Waals surface area contributed by atoms with Gasteiger partial charge < -0.3 is 14.1 Å². The van der Waals surface area contributed by atoms with Crippen molar-refractivity contribution in [2.75, 3.05) is 0 Å². The number of nitrogens with zero attached hydrogens (tertiary/aromatic N) is 1. The standard InChI is InChI=1S/C18H19F2NO3/c19-18(20)24-15-9-7-13(8-10-15)17(22)21(14-4-1-2-5-14)12-16-6-3-11-23-16/h3,6-11,14,18H,1-2,4-5,12H2. The minimum atomic E-state index is -2.87. The molecule has 0 spiro atoms. The van der Waals surface area contributed by atoms with Crippen LogP contribution >= 0.6 is 0 Å². The Balaban J connectivity index is 1.77. The Hall–Kier alpha value is -2.37. The molecule has 0 radical (unpaired) electrons. The second kappa shape index (κ2) is 7.47. The molecule has 1 aromatic heterocycles. The number of hydrogen-bond donors (Lipinski definition) is 0. The van der Waals surface area contributed by atoms with Crippen LogP contribution in [0.25, 0.3) is 0 Å². The predicted molar refractivity (Wildman–Crippen MR) is 83.9 cm³/mol. The van der Waals surface area contributed by atoms with E-state index in [2.05, 4.69) is 4.74 Å². The Morgan fingerprint density at radius 2 is 1.92 bits per heavy atom. The number of ether oxygens (including phenoxy) is 1. The summed E-state index contributed by atoms with van der Waals surface area (Å²) >= 11 is 0. The summed E-state index contributed by atoms with van der Waals surface area (Å²) in [6.07, 6.45) is 5.74. The van der Waals surface area contributed by atoms with E-state index in [0.29, 0.717) is 12.1 Å². The molecular formula is C18H19F2NO3. The van der Waals surface area contributed by atoms with Crippen molar-refractivity contribution in [3.63, 3.8) is 0 Å². The van der Waals surface area contributed by atoms with Crippen molar-refractivity contribution in [3.05, 3.63) is 54.0 Å². The molecule has 0 unspecified atom stereocenters. The van der Waals surface area contributed by atoms with Crippen LogP contribution in [0.15, 0.2) is 47.1 Å². The molecule has 6 heteroatoms. The highest BCUT2D eigenvalue weighted by molar-refractivity contribution is 5.94. The van der Waals surface area contributed by atoms with E-state index in [4.69, 9.17) is 4.42 Å². The molecule has 0 aliphatic heterocycles. The first-order chi connectivity index (χ1) is 11.6. The van der Waals surface area contributed by atoms with Crippen LogP contribution in [0.2, 0.25) is 0 Å². The molecule has 4 nitrogen and oxygen atoms in total. The molecule has 1 fully saturated rings. The van der Waals surface area contributed by atoms with Gasteiger partial charge in [0.1, 0.15) is 11.5 Å². The minimum Gasteiger partial charge on any atom is -0.467 e. The van der Waals surface area contributed by atoms with Gasteiger partial charge in [-0.2, -0.15) is 8.78 Å². The lowest BCUT2D eigenvalue weighted by Crippen LogP contribution is -2.38. The van der Waals surface area contributed by atoms with Crippen molar-refractivity contribution in [1.82, 2.24) is 4.90 Å². The first-order valence-corrected chi connectivity index (χ1v) is 8.02. The first kappa shape index (κ1) is 16.5. The Bertz CT molecular complexity index is 649. The van der Waals surface area contributed by atoms with Gasteiger partial charge in [0.15, 0.2) is 0 Å². The zero-order valence-electron chi connectivity index (χ0n) is 13.2. The summed E-state index contributed by atoms with van der Waals surface area (Å²) in [6.45, 7) is -2.47. The van der Waals surface area contributed by atoms with Gasteiger partial charge in [0.25, 0.3) is 5.91 Å². The molecule has 0 atom stereocenters. The van der Waals surface area contributed by atoms with Gasteiger partial charge in [0.2, 0.25) is 0 Å². The summed E-state index contributed by atoms with van der Waals surface area (Å²) in [6, 6.07) is 9.63. The number of amides is 1. The average molecular weight is 335 g/mol. The number of benzene rings is 1. The van der Waals surface area contributed by atoms with Crippen molar-refractivity contribution in [2.45, 2.75) is 44.9 Å². The third kappa shape index (κ3) is 3.93. The van der Waals surface area contributed by atoms with Gasteiger partial charge in [-0.3, -0.25) is 4.79 Å². The van der Waals surface area contributed by atoms with Crippen LogP contribution in [0.5, 0.6) is 5.75 Å². The predicted octanol–water partition coefficient (Wildman–Crippen LogP) is 4.47. The number of hydrogen-bond acceptors (Lipinski definition) is 3. The minimum absolute atomic E-state index is 0.0417. The first-order valence-electron chi connectivity index (χ1n) is 8.02. The maximum Gasteiger partial charge on any atom is 0.387 e. The van der Waals surface area contributed by atoms with Crippen molar-refractivity contribution >= 4 is 5.91 Å². The fraction of sp³-hybridized carbons (Fsp3) is 0.389. The van der Waals surface area contributed by atoms with E-state index in [1.54, 1.807) is 12.3 Å². The number of halogens is 2. The van der Waals surface area contributed by atoms with Crippen LogP contribution in [0, 0.1) is 0 Å². The van der Waals surface area contributed by atoms with E-state index in [9.17, 15) is 13.6 Å². The zero-order valence-corrected chi connectivity index (χ0v) is 13.2. The van der Waals surface area contributed by atoms with Gasteiger partial charge in [0, 0.05) is 11.6 Å². The summed E-state index contributed by atoms with van der Waals surface area (Å²) in [5.41, 5.74) is 0.454. The molecule has 2 aromatic rings. The topological polar surface area (TPSA) is 42.7 Å². The van der Waals surface area contributed by atoms with Gasteiger partial charge >= 0.3 is 6.61 Å². The second-order valence-electron chi connectivity index (χ2n) is 5.85. The molecule has 0 N–H and O–H groups in total. The van der Waals surface area contributed by atoms with Crippen LogP contribution in [-0.2, 0) is 6.54 Å². The van der Waals surface area contributed by atoms with E-state index < -0.39 is 6.61 Å². The molecule has 1 heterocycles. The largest absolute Gasteiger partial charge is 0.467 e. The molecule has 1 saturated carbocycles. The fourth-order valence-electron chi connectivity index (χ4n) is 3.10. The van der Waals surface area contributed by atoms with Crippen molar-refractivity contribution in [3.8, 4) is 5.75 Å². The Labute approximate surface area is 139 Å². The molecule has 0 bridgehead atoms. The number of furan rings is 1. The summed E-state index contributed by atoms with van der Waals surface area (Å²) in [5.74, 6) is 0.648. The zero-order chi connectivity index (χ0) is 16.9. The van der Waals surface area contributed by atoms with Gasteiger partial charge in [0.05, 0.1) is 12.8 Å². The number of carbonyl (C=O) groups excluding carboxylic acids is 1. The quantitative estimate of drug-likeness (QED) is 0.782. The molecule has 24 heavy (non-hydrogen) atoms. The average Bonchev–Trinajstić information content (AvgIpc) is 3.26. The van der Waals surface area contributed by atoms with Crippen LogP contribution in [-0.4, -0.2) is 23.5 Å². The molecule has 0 saturated heterocycles. The van der Waals surface area contributed by atoms with Gasteiger partial charge in [-0.1, -0.05) is 12.8 Å². The lowest BCUT2D eigenvalue weighted by molar-refractivity contribution is -0.0498. The van der Waals surface area contributed by atoms with E-state index in [1.807, 2.05) is 11.0 Å². The fourth-order valence-corrected chi connectivity index (χ4v) is 3.10. The van der Waals surface area contributed by atoms with Crippen LogP contribution in [0.3, 0.4) is 0 Å². The normalized spacial score (nSPS) is 15.0. The van der Waals surface area contributed by atoms with E-state index in [0.717, 1.165) is 31.4 Å².